The molecule has 10 heteroatoms. The van der Waals surface area contributed by atoms with Gasteiger partial charge in [0.2, 0.25) is 0 Å². The average molecular weight is 668 g/mol. The van der Waals surface area contributed by atoms with Crippen LogP contribution in [0.5, 0.6) is 0 Å². The number of esters is 1. The van der Waals surface area contributed by atoms with E-state index in [0.717, 1.165) is 38.9 Å². The van der Waals surface area contributed by atoms with Crippen LogP contribution in [-0.2, 0) is 28.5 Å². The Morgan fingerprint density at radius 1 is 1.06 bits per heavy atom. The monoisotopic (exact) mass is 668 g/mol. The first-order valence-corrected chi connectivity index (χ1v) is 18.4. The summed E-state index contributed by atoms with van der Waals surface area (Å²) < 4.78 is 25.2. The highest BCUT2D eigenvalue weighted by atomic mass is 16.7. The molecule has 2 aliphatic heterocycles. The smallest absolute Gasteiger partial charge is 0.319 e. The van der Waals surface area contributed by atoms with E-state index in [0.29, 0.717) is 18.9 Å². The molecule has 274 valence electrons. The minimum Gasteiger partial charge on any atom is -0.463 e. The van der Waals surface area contributed by atoms with Crippen molar-refractivity contribution >= 4 is 11.8 Å². The number of cyclic esters (lactones) is 1. The normalized spacial score (nSPS) is 37.1. The number of likely N-dealkylation sites (N-methyl/N-ethyl adjacent to an activating group) is 1. The van der Waals surface area contributed by atoms with Crippen LogP contribution in [0.2, 0.25) is 0 Å². The van der Waals surface area contributed by atoms with E-state index in [4.69, 9.17) is 18.9 Å². The van der Waals surface area contributed by atoms with Crippen molar-refractivity contribution in [3.63, 3.8) is 0 Å². The standard InChI is InChI=1S/C37H69N3O7/c1-12-19-40-23-25(2)22-37(7,44-11)33(47-34-31(41)30(38(8)9)21-26(3)46-34)27(4)32(42)36(5,6)35(43)45-24-29(40)18-15-20-39(10)28-16-13-14-17-28/h25-31,33-34,41H,12-24H2,1-11H3/t25-,26-,27+,29+,30+,31-,33-,34+,37-/m1/s1. The third kappa shape index (κ3) is 10.2. The highest BCUT2D eigenvalue weighted by molar-refractivity contribution is 6.04. The molecule has 0 aromatic heterocycles. The topological polar surface area (TPSA) is 101 Å². The Morgan fingerprint density at radius 2 is 1.72 bits per heavy atom. The number of ether oxygens (including phenoxy) is 4. The first-order chi connectivity index (χ1) is 22.0. The van der Waals surface area contributed by atoms with Gasteiger partial charge in [0, 0.05) is 37.7 Å². The maximum atomic E-state index is 14.3. The van der Waals surface area contributed by atoms with Crippen LogP contribution < -0.4 is 0 Å². The van der Waals surface area contributed by atoms with Gasteiger partial charge in [-0.2, -0.15) is 0 Å². The van der Waals surface area contributed by atoms with Crippen molar-refractivity contribution in [1.29, 1.82) is 0 Å². The van der Waals surface area contributed by atoms with Gasteiger partial charge >= 0.3 is 5.97 Å². The number of methoxy groups -OCH3 is 1. The van der Waals surface area contributed by atoms with Crippen LogP contribution in [0.25, 0.3) is 0 Å². The molecule has 3 fully saturated rings. The minimum atomic E-state index is -1.40. The Labute approximate surface area is 286 Å². The second-order valence-corrected chi connectivity index (χ2v) is 16.0. The molecule has 2 heterocycles. The van der Waals surface area contributed by atoms with Gasteiger partial charge < -0.3 is 33.9 Å². The van der Waals surface area contributed by atoms with Crippen LogP contribution in [0.15, 0.2) is 0 Å². The van der Waals surface area contributed by atoms with E-state index in [1.807, 2.05) is 32.8 Å². The summed E-state index contributed by atoms with van der Waals surface area (Å²) in [4.78, 5) is 35.0. The summed E-state index contributed by atoms with van der Waals surface area (Å²) in [5.41, 5.74) is -2.30. The molecule has 0 spiro atoms. The van der Waals surface area contributed by atoms with Crippen LogP contribution in [0.4, 0.5) is 0 Å². The second kappa shape index (κ2) is 17.7. The first kappa shape index (κ1) is 40.3. The highest BCUT2D eigenvalue weighted by Crippen LogP contribution is 2.38. The van der Waals surface area contributed by atoms with Crippen LogP contribution in [0, 0.1) is 17.3 Å². The van der Waals surface area contributed by atoms with Crippen molar-refractivity contribution < 1.29 is 33.6 Å². The number of hydrogen-bond acceptors (Lipinski definition) is 10. The molecule has 47 heavy (non-hydrogen) atoms. The molecule has 0 bridgehead atoms. The van der Waals surface area contributed by atoms with Crippen LogP contribution in [-0.4, -0.2) is 134 Å². The van der Waals surface area contributed by atoms with E-state index in [1.165, 1.54) is 25.7 Å². The van der Waals surface area contributed by atoms with Crippen molar-refractivity contribution in [2.24, 2.45) is 17.3 Å². The van der Waals surface area contributed by atoms with Gasteiger partial charge in [-0.25, -0.2) is 0 Å². The van der Waals surface area contributed by atoms with Crippen molar-refractivity contribution in [2.45, 2.75) is 155 Å². The van der Waals surface area contributed by atoms with Crippen LogP contribution in [0.3, 0.4) is 0 Å². The zero-order valence-electron chi connectivity index (χ0n) is 31.6. The highest BCUT2D eigenvalue weighted by Gasteiger charge is 2.51. The molecule has 9 atom stereocenters. The van der Waals surface area contributed by atoms with Crippen molar-refractivity contribution in [1.82, 2.24) is 14.7 Å². The quantitative estimate of drug-likeness (QED) is 0.245. The summed E-state index contributed by atoms with van der Waals surface area (Å²) >= 11 is 0. The Kier molecular flexibility index (Phi) is 15.2. The summed E-state index contributed by atoms with van der Waals surface area (Å²) in [6, 6.07) is 0.562. The second-order valence-electron chi connectivity index (χ2n) is 16.0. The fraction of sp³-hybridized carbons (Fsp3) is 0.946. The van der Waals surface area contributed by atoms with E-state index in [-0.39, 0.29) is 36.5 Å². The molecule has 1 saturated carbocycles. The maximum absolute atomic E-state index is 14.3. The third-order valence-corrected chi connectivity index (χ3v) is 11.3. The number of ketones is 1. The molecule has 0 aromatic rings. The van der Waals surface area contributed by atoms with Gasteiger partial charge in [-0.1, -0.05) is 33.6 Å². The summed E-state index contributed by atoms with van der Waals surface area (Å²) in [6.07, 6.45) is 6.59. The third-order valence-electron chi connectivity index (χ3n) is 11.3. The number of carbonyl (C=O) groups excluding carboxylic acids is 2. The summed E-state index contributed by atoms with van der Waals surface area (Å²) in [5.74, 6) is -1.35. The van der Waals surface area contributed by atoms with Crippen molar-refractivity contribution in [2.75, 3.05) is 54.5 Å². The number of carbonyl (C=O) groups is 2. The lowest BCUT2D eigenvalue weighted by molar-refractivity contribution is -0.295. The molecular weight excluding hydrogens is 598 g/mol. The number of Topliss-reactive ketones (excluding diaryl/α,β-unsaturated/α-hetero) is 1. The lowest BCUT2D eigenvalue weighted by Crippen LogP contribution is -2.59. The molecule has 1 aliphatic carbocycles. The van der Waals surface area contributed by atoms with Gasteiger partial charge in [-0.3, -0.25) is 14.5 Å². The SMILES string of the molecule is CCCN1C[C@H](C)C[C@@](C)(OC)[C@H](O[C@@H]2O[C@H](C)C[C@H](N(C)C)[C@H]2O)[C@@H](C)C(=O)C(C)(C)C(=O)OC[C@@H]1CCCN(C)C1CCCC1. The largest absolute Gasteiger partial charge is 0.463 e. The Morgan fingerprint density at radius 3 is 2.32 bits per heavy atom. The van der Waals surface area contributed by atoms with Gasteiger partial charge in [-0.05, 0) is 113 Å². The van der Waals surface area contributed by atoms with E-state index < -0.39 is 41.4 Å². The first-order valence-electron chi connectivity index (χ1n) is 18.4. The maximum Gasteiger partial charge on any atom is 0.319 e. The number of rotatable bonds is 11. The summed E-state index contributed by atoms with van der Waals surface area (Å²) in [5, 5.41) is 11.4. The van der Waals surface area contributed by atoms with E-state index in [2.05, 4.69) is 30.7 Å². The van der Waals surface area contributed by atoms with Gasteiger partial charge in [0.1, 0.15) is 18.1 Å². The Balaban J connectivity index is 1.93. The molecule has 2 saturated heterocycles. The zero-order valence-corrected chi connectivity index (χ0v) is 31.6. The molecule has 3 aliphatic rings. The van der Waals surface area contributed by atoms with Gasteiger partial charge in [-0.15, -0.1) is 0 Å². The molecule has 0 aromatic carbocycles. The molecule has 1 N–H and O–H groups in total. The van der Waals surface area contributed by atoms with Crippen molar-refractivity contribution in [3.05, 3.63) is 0 Å². The Bertz CT molecular complexity index is 989. The van der Waals surface area contributed by atoms with E-state index in [9.17, 15) is 14.7 Å². The molecule has 0 amide bonds. The lowest BCUT2D eigenvalue weighted by Gasteiger charge is -2.47. The van der Waals surface area contributed by atoms with Crippen LogP contribution >= 0.6 is 0 Å². The fourth-order valence-electron chi connectivity index (χ4n) is 8.41. The van der Waals surface area contributed by atoms with E-state index >= 15 is 0 Å². The van der Waals surface area contributed by atoms with Crippen molar-refractivity contribution in [3.8, 4) is 0 Å². The van der Waals surface area contributed by atoms with Crippen LogP contribution in [0.1, 0.15) is 106 Å². The van der Waals surface area contributed by atoms with Gasteiger partial charge in [0.05, 0.1) is 17.8 Å². The number of hydrogen-bond donors (Lipinski definition) is 1. The molecule has 0 unspecified atom stereocenters. The Hall–Kier alpha value is -1.14. The van der Waals surface area contributed by atoms with Gasteiger partial charge in [0.25, 0.3) is 0 Å². The number of aliphatic hydroxyl groups is 1. The summed E-state index contributed by atoms with van der Waals surface area (Å²) in [7, 11) is 7.78. The average Bonchev–Trinajstić information content (AvgIpc) is 3.56. The molecule has 10 nitrogen and oxygen atoms in total. The molecular formula is C37H69N3O7. The number of aliphatic hydroxyl groups excluding tert-OH is 1. The fourth-order valence-corrected chi connectivity index (χ4v) is 8.41. The lowest BCUT2D eigenvalue weighted by atomic mass is 9.74. The molecule has 3 rings (SSSR count). The molecule has 0 radical (unpaired) electrons. The van der Waals surface area contributed by atoms with E-state index in [1.54, 1.807) is 27.9 Å². The predicted molar refractivity (Wildman–Crippen MR) is 185 cm³/mol. The number of nitrogens with zero attached hydrogens (tertiary/aromatic N) is 3. The van der Waals surface area contributed by atoms with Gasteiger partial charge in [0.15, 0.2) is 12.1 Å². The minimum absolute atomic E-state index is 0.0542. The summed E-state index contributed by atoms with van der Waals surface area (Å²) in [6.45, 7) is 16.5. The zero-order chi connectivity index (χ0) is 35.1. The predicted octanol–water partition coefficient (Wildman–Crippen LogP) is 4.75.